The van der Waals surface area contributed by atoms with Gasteiger partial charge in [-0.15, -0.1) is 0 Å². The van der Waals surface area contributed by atoms with Crippen LogP contribution in [-0.2, 0) is 23.7 Å². The number of hydrogen-bond donors (Lipinski definition) is 0. The highest BCUT2D eigenvalue weighted by Crippen LogP contribution is 1.87. The van der Waals surface area contributed by atoms with Crippen molar-refractivity contribution in [3.63, 3.8) is 0 Å². The van der Waals surface area contributed by atoms with Crippen molar-refractivity contribution in [2.45, 2.75) is 13.8 Å². The fourth-order valence-electron chi connectivity index (χ4n) is 1.28. The molecule has 6 nitrogen and oxygen atoms in total. The maximum Gasteiger partial charge on any atom is 0.312 e. The summed E-state index contributed by atoms with van der Waals surface area (Å²) in [7, 11) is 0. The van der Waals surface area contributed by atoms with E-state index < -0.39 is 0 Å². The molecule has 0 aliphatic carbocycles. The van der Waals surface area contributed by atoms with Crippen LogP contribution in [0.25, 0.3) is 0 Å². The molecule has 0 aromatic rings. The number of hydrogen-bond acceptors (Lipinski definition) is 5. The van der Waals surface area contributed by atoms with Crippen LogP contribution < -0.4 is 0 Å². The van der Waals surface area contributed by atoms with Gasteiger partial charge in [-0.1, -0.05) is 0 Å². The summed E-state index contributed by atoms with van der Waals surface area (Å²) in [6.07, 6.45) is 1.87. The van der Waals surface area contributed by atoms with Crippen LogP contribution in [0, 0.1) is 0 Å². The lowest BCUT2D eigenvalue weighted by Crippen LogP contribution is -2.30. The van der Waals surface area contributed by atoms with Crippen LogP contribution in [0.2, 0.25) is 0 Å². The van der Waals surface area contributed by atoms with Crippen LogP contribution in [0.3, 0.4) is 0 Å². The van der Waals surface area contributed by atoms with Gasteiger partial charge < -0.3 is 23.8 Å². The molecule has 0 saturated carbocycles. The first kappa shape index (κ1) is 18.3. The second-order valence-electron chi connectivity index (χ2n) is 3.70. The fraction of sp³-hybridized carbons (Fsp3) is 0.923. The van der Waals surface area contributed by atoms with Gasteiger partial charge in [0.05, 0.1) is 39.6 Å². The maximum absolute atomic E-state index is 10.7. The predicted molar refractivity (Wildman–Crippen MR) is 71.9 cm³/mol. The fourth-order valence-corrected chi connectivity index (χ4v) is 1.28. The first-order valence-corrected chi connectivity index (χ1v) is 6.78. The number of nitrogens with zero attached hydrogens (tertiary/aromatic N) is 1. The minimum absolute atomic E-state index is 0.487. The maximum atomic E-state index is 10.7. The van der Waals surface area contributed by atoms with Gasteiger partial charge in [-0.25, -0.2) is 0 Å². The van der Waals surface area contributed by atoms with E-state index in [0.717, 1.165) is 0 Å². The Bertz CT molecular complexity index is 176. The zero-order valence-corrected chi connectivity index (χ0v) is 12.1. The lowest BCUT2D eigenvalue weighted by atomic mass is 10.5. The summed E-state index contributed by atoms with van der Waals surface area (Å²) in [5.41, 5.74) is 0. The molecule has 0 fully saturated rings. The first-order chi connectivity index (χ1) is 9.35. The van der Waals surface area contributed by atoms with Gasteiger partial charge in [0, 0.05) is 26.3 Å². The molecule has 0 unspecified atom stereocenters. The molecule has 0 aliphatic heterocycles. The normalized spacial score (nSPS) is 10.6. The van der Waals surface area contributed by atoms with E-state index >= 15 is 0 Å². The summed E-state index contributed by atoms with van der Waals surface area (Å²) in [6.45, 7) is 9.54. The summed E-state index contributed by atoms with van der Waals surface area (Å²) >= 11 is 0. The molecule has 0 aliphatic rings. The zero-order valence-electron chi connectivity index (χ0n) is 12.1. The molecule has 0 aromatic carbocycles. The van der Waals surface area contributed by atoms with E-state index in [1.54, 1.807) is 0 Å². The molecule has 0 spiro atoms. The molecular weight excluding hydrogens is 250 g/mol. The van der Waals surface area contributed by atoms with Crippen LogP contribution in [0.5, 0.6) is 0 Å². The van der Waals surface area contributed by atoms with Crippen LogP contribution in [0.15, 0.2) is 0 Å². The van der Waals surface area contributed by atoms with Crippen molar-refractivity contribution in [3.8, 4) is 0 Å². The largest absolute Gasteiger partial charge is 0.379 e. The van der Waals surface area contributed by atoms with Gasteiger partial charge in [0.2, 0.25) is 0 Å². The second kappa shape index (κ2) is 15.4. The van der Waals surface area contributed by atoms with Gasteiger partial charge in [-0.05, 0) is 13.8 Å². The Labute approximate surface area is 115 Å². The molecule has 0 rings (SSSR count). The molecule has 113 valence electrons. The Morgan fingerprint density at radius 1 is 0.737 bits per heavy atom. The van der Waals surface area contributed by atoms with Crippen LogP contribution in [0.1, 0.15) is 13.8 Å². The number of amides is 1. The molecule has 0 aromatic heterocycles. The molecule has 0 N–H and O–H groups in total. The quantitative estimate of drug-likeness (QED) is 0.321. The smallest absolute Gasteiger partial charge is 0.312 e. The van der Waals surface area contributed by atoms with Crippen molar-refractivity contribution in [3.05, 3.63) is 0 Å². The summed E-state index contributed by atoms with van der Waals surface area (Å²) in [4.78, 5) is 12.2. The Morgan fingerprint density at radius 3 is 1.53 bits per heavy atom. The number of rotatable bonds is 15. The molecule has 0 saturated heterocycles. The summed E-state index contributed by atoms with van der Waals surface area (Å²) in [6, 6.07) is 0. The molecule has 19 heavy (non-hydrogen) atoms. The van der Waals surface area contributed by atoms with Crippen molar-refractivity contribution >= 4 is 6.41 Å². The Balaban J connectivity index is 3.32. The minimum Gasteiger partial charge on any atom is -0.379 e. The van der Waals surface area contributed by atoms with Crippen molar-refractivity contribution in [1.29, 1.82) is 0 Å². The van der Waals surface area contributed by atoms with Crippen molar-refractivity contribution in [1.82, 2.24) is 4.90 Å². The standard InChI is InChI=1S/C13H26NO5/c1-3-16-9-11-18-7-5-14(13-15)6-8-19-12-10-17-4-2/h3-12H2,1-2H3. The average molecular weight is 276 g/mol. The van der Waals surface area contributed by atoms with Gasteiger partial charge in [-0.2, -0.15) is 0 Å². The molecule has 0 atom stereocenters. The van der Waals surface area contributed by atoms with Crippen LogP contribution in [-0.4, -0.2) is 77.3 Å². The van der Waals surface area contributed by atoms with Gasteiger partial charge >= 0.3 is 6.41 Å². The third-order valence-corrected chi connectivity index (χ3v) is 2.29. The van der Waals surface area contributed by atoms with E-state index in [1.165, 1.54) is 4.90 Å². The van der Waals surface area contributed by atoms with Gasteiger partial charge in [-0.3, -0.25) is 4.79 Å². The molecule has 1 amide bonds. The third kappa shape index (κ3) is 13.5. The number of carbonyl (C=O) groups excluding carboxylic acids is 1. The van der Waals surface area contributed by atoms with Gasteiger partial charge in [0.1, 0.15) is 0 Å². The highest BCUT2D eigenvalue weighted by atomic mass is 16.5. The lowest BCUT2D eigenvalue weighted by Gasteiger charge is -2.16. The SMILES string of the molecule is CCOCCOCCN([C]=O)CCOCCOCC. The average Bonchev–Trinajstić information content (AvgIpc) is 2.44. The molecule has 1 radical (unpaired) electrons. The number of ether oxygens (including phenoxy) is 4. The second-order valence-corrected chi connectivity index (χ2v) is 3.70. The molecule has 0 heterocycles. The monoisotopic (exact) mass is 276 g/mol. The van der Waals surface area contributed by atoms with E-state index in [2.05, 4.69) is 0 Å². The van der Waals surface area contributed by atoms with Crippen molar-refractivity contribution < 1.29 is 23.7 Å². The zero-order chi connectivity index (χ0) is 14.2. The molecule has 6 heteroatoms. The van der Waals surface area contributed by atoms with Crippen LogP contribution in [0.4, 0.5) is 0 Å². The third-order valence-electron chi connectivity index (χ3n) is 2.29. The van der Waals surface area contributed by atoms with Crippen LogP contribution >= 0.6 is 0 Å². The molecule has 0 bridgehead atoms. The first-order valence-electron chi connectivity index (χ1n) is 6.78. The van der Waals surface area contributed by atoms with E-state index in [4.69, 9.17) is 18.9 Å². The Morgan fingerprint density at radius 2 is 1.16 bits per heavy atom. The highest BCUT2D eigenvalue weighted by Gasteiger charge is 2.02. The Hall–Kier alpha value is -0.690. The van der Waals surface area contributed by atoms with Crippen molar-refractivity contribution in [2.24, 2.45) is 0 Å². The van der Waals surface area contributed by atoms with Crippen molar-refractivity contribution in [2.75, 3.05) is 65.9 Å². The topological polar surface area (TPSA) is 57.2 Å². The van der Waals surface area contributed by atoms with Gasteiger partial charge in [0.15, 0.2) is 0 Å². The van der Waals surface area contributed by atoms with E-state index in [1.807, 2.05) is 20.3 Å². The summed E-state index contributed by atoms with van der Waals surface area (Å²) < 4.78 is 20.9. The Kier molecular flexibility index (Phi) is 14.8. The lowest BCUT2D eigenvalue weighted by molar-refractivity contribution is 0.0367. The predicted octanol–water partition coefficient (Wildman–Crippen LogP) is 0.462. The van der Waals surface area contributed by atoms with E-state index in [9.17, 15) is 4.79 Å². The highest BCUT2D eigenvalue weighted by molar-refractivity contribution is 5.47. The summed E-state index contributed by atoms with van der Waals surface area (Å²) in [5.74, 6) is 0. The summed E-state index contributed by atoms with van der Waals surface area (Å²) in [5, 5.41) is 0. The molecular formula is C13H26NO5. The van der Waals surface area contributed by atoms with E-state index in [-0.39, 0.29) is 0 Å². The van der Waals surface area contributed by atoms with E-state index in [0.29, 0.717) is 65.9 Å². The minimum atomic E-state index is 0.487. The van der Waals surface area contributed by atoms with Gasteiger partial charge in [0.25, 0.3) is 0 Å².